The highest BCUT2D eigenvalue weighted by molar-refractivity contribution is 6.19. The molecule has 3 unspecified atom stereocenters. The van der Waals surface area contributed by atoms with Crippen LogP contribution in [0.4, 0.5) is 5.69 Å². The number of allylic oxidation sites excluding steroid dienone is 2. The Labute approximate surface area is 266 Å². The van der Waals surface area contributed by atoms with E-state index in [0.29, 0.717) is 30.8 Å². The fraction of sp³-hybridized carbons (Fsp3) is 0.556. The van der Waals surface area contributed by atoms with Gasteiger partial charge in [-0.1, -0.05) is 50.3 Å². The molecule has 0 radical (unpaired) electrons. The van der Waals surface area contributed by atoms with Crippen molar-refractivity contribution in [1.82, 2.24) is 4.90 Å². The van der Waals surface area contributed by atoms with Gasteiger partial charge in [-0.3, -0.25) is 4.90 Å². The average molecular weight is 621 g/mol. The average Bonchev–Trinajstić information content (AvgIpc) is 3.39. The van der Waals surface area contributed by atoms with E-state index in [9.17, 15) is 19.8 Å². The molecule has 4 aliphatic rings. The first-order valence-corrected chi connectivity index (χ1v) is 16.0. The van der Waals surface area contributed by atoms with Crippen LogP contribution in [0.1, 0.15) is 45.6 Å². The molecule has 1 aromatic rings. The molecular formula is C36H48N2O7. The number of aliphatic hydroxyl groups is 2. The first kappa shape index (κ1) is 33.1. The van der Waals surface area contributed by atoms with Gasteiger partial charge in [-0.05, 0) is 61.3 Å². The van der Waals surface area contributed by atoms with Gasteiger partial charge in [0, 0.05) is 50.2 Å². The zero-order valence-corrected chi connectivity index (χ0v) is 27.3. The first-order valence-electron chi connectivity index (χ1n) is 16.0. The number of anilines is 1. The van der Waals surface area contributed by atoms with E-state index in [1.807, 2.05) is 56.3 Å². The van der Waals surface area contributed by atoms with Gasteiger partial charge >= 0.3 is 11.9 Å². The largest absolute Gasteiger partial charge is 0.462 e. The lowest BCUT2D eigenvalue weighted by Crippen LogP contribution is -2.61. The van der Waals surface area contributed by atoms with Crippen molar-refractivity contribution in [3.05, 3.63) is 71.5 Å². The molecule has 6 atom stereocenters. The van der Waals surface area contributed by atoms with Crippen LogP contribution >= 0.6 is 0 Å². The van der Waals surface area contributed by atoms with Crippen molar-refractivity contribution in [3.8, 4) is 0 Å². The number of carbonyl (C=O) groups excluding carboxylic acids is 2. The van der Waals surface area contributed by atoms with E-state index >= 15 is 0 Å². The number of esters is 2. The quantitative estimate of drug-likeness (QED) is 0.252. The van der Waals surface area contributed by atoms with E-state index in [-0.39, 0.29) is 47.8 Å². The van der Waals surface area contributed by atoms with Crippen molar-refractivity contribution in [2.75, 3.05) is 58.5 Å². The predicted molar refractivity (Wildman–Crippen MR) is 173 cm³/mol. The topological polar surface area (TPSA) is 109 Å². The van der Waals surface area contributed by atoms with Gasteiger partial charge in [-0.25, -0.2) is 9.59 Å². The fourth-order valence-corrected chi connectivity index (χ4v) is 8.00. The first-order chi connectivity index (χ1) is 21.4. The maximum atomic E-state index is 13.2. The molecule has 2 saturated carbocycles. The van der Waals surface area contributed by atoms with Crippen LogP contribution in [0.5, 0.6) is 0 Å². The number of aliphatic hydroxyl groups excluding tert-OH is 2. The van der Waals surface area contributed by atoms with E-state index in [0.717, 1.165) is 37.2 Å². The number of rotatable bonds is 8. The van der Waals surface area contributed by atoms with Gasteiger partial charge in [0.25, 0.3) is 0 Å². The molecule has 0 amide bonds. The number of cyclic esters (lactones) is 1. The molecule has 9 nitrogen and oxygen atoms in total. The number of benzene rings is 1. The molecule has 2 N–H and O–H groups in total. The number of nitrogens with zero attached hydrogens (tertiary/aromatic N) is 2. The SMILES string of the molecule is C=C1C(N2CCOCC2)CC2[C@](C)(CC[C@@H](O)[C@@]2(C)CO)C1C=CC1=CC(=C(C(=O)OCC)c2ccc(N(C)C)cc2)OC1=O. The molecule has 5 rings (SSSR count). The molecule has 2 aliphatic heterocycles. The lowest BCUT2D eigenvalue weighted by atomic mass is 9.45. The van der Waals surface area contributed by atoms with Crippen LogP contribution in [0.25, 0.3) is 5.57 Å². The number of fused-ring (bicyclic) bond motifs is 1. The highest BCUT2D eigenvalue weighted by Gasteiger charge is 2.59. The number of carbonyl (C=O) groups is 2. The summed E-state index contributed by atoms with van der Waals surface area (Å²) in [6.07, 6.45) is 6.98. The second kappa shape index (κ2) is 13.2. The van der Waals surface area contributed by atoms with Gasteiger partial charge in [-0.2, -0.15) is 0 Å². The van der Waals surface area contributed by atoms with Crippen LogP contribution in [-0.2, 0) is 23.8 Å². The van der Waals surface area contributed by atoms with Crippen molar-refractivity contribution >= 4 is 23.2 Å². The van der Waals surface area contributed by atoms with Crippen LogP contribution in [0.2, 0.25) is 0 Å². The molecular weight excluding hydrogens is 572 g/mol. The minimum Gasteiger partial charge on any atom is -0.462 e. The Balaban J connectivity index is 1.53. The molecule has 0 bridgehead atoms. The molecule has 2 heterocycles. The molecule has 0 aromatic heterocycles. The van der Waals surface area contributed by atoms with Gasteiger partial charge in [-0.15, -0.1) is 0 Å². The monoisotopic (exact) mass is 620 g/mol. The summed E-state index contributed by atoms with van der Waals surface area (Å²) in [5.74, 6) is -1.05. The third-order valence-corrected chi connectivity index (χ3v) is 10.7. The summed E-state index contributed by atoms with van der Waals surface area (Å²) in [4.78, 5) is 30.7. The van der Waals surface area contributed by atoms with Crippen LogP contribution in [-0.4, -0.2) is 92.8 Å². The molecule has 0 spiro atoms. The van der Waals surface area contributed by atoms with Gasteiger partial charge in [0.2, 0.25) is 0 Å². The van der Waals surface area contributed by atoms with Crippen LogP contribution in [0.3, 0.4) is 0 Å². The summed E-state index contributed by atoms with van der Waals surface area (Å²) in [5, 5.41) is 21.7. The van der Waals surface area contributed by atoms with E-state index in [1.54, 1.807) is 19.1 Å². The summed E-state index contributed by atoms with van der Waals surface area (Å²) in [6.45, 7) is 13.6. The zero-order chi connectivity index (χ0) is 32.5. The highest BCUT2D eigenvalue weighted by Crippen LogP contribution is 2.62. The van der Waals surface area contributed by atoms with Crippen LogP contribution < -0.4 is 4.90 Å². The van der Waals surface area contributed by atoms with Crippen molar-refractivity contribution in [2.24, 2.45) is 22.7 Å². The standard InChI is InChI=1S/C36H48N2O7/c1-7-44-34(42)32(24-8-11-26(12-9-24)37(5)6)29-20-25(33(41)45-29)10-13-27-23(2)28(38-16-18-43-19-17-38)21-30-35(27,3)15-14-31(40)36(30,4)22-39/h8-13,20,27-28,30-31,39-40H,2,7,14-19,21-22H2,1,3-6H3/t27?,28?,30?,31-,35-,36+/m1/s1. The number of hydrogen-bond acceptors (Lipinski definition) is 9. The van der Waals surface area contributed by atoms with Gasteiger partial charge in [0.05, 0.1) is 38.1 Å². The molecule has 2 aliphatic carbocycles. The van der Waals surface area contributed by atoms with Gasteiger partial charge in [0.15, 0.2) is 0 Å². The Morgan fingerprint density at radius 3 is 2.51 bits per heavy atom. The molecule has 45 heavy (non-hydrogen) atoms. The van der Waals surface area contributed by atoms with E-state index in [4.69, 9.17) is 14.2 Å². The Morgan fingerprint density at radius 2 is 1.89 bits per heavy atom. The molecule has 1 saturated heterocycles. The van der Waals surface area contributed by atoms with Crippen LogP contribution in [0.15, 0.2) is 66.0 Å². The summed E-state index contributed by atoms with van der Waals surface area (Å²) in [5.41, 5.74) is 2.20. The minimum atomic E-state index is -0.664. The molecule has 3 fully saturated rings. The van der Waals surface area contributed by atoms with E-state index in [1.165, 1.54) is 0 Å². The summed E-state index contributed by atoms with van der Waals surface area (Å²) in [7, 11) is 3.87. The molecule has 9 heteroatoms. The van der Waals surface area contributed by atoms with Crippen molar-refractivity contribution in [1.29, 1.82) is 0 Å². The van der Waals surface area contributed by atoms with Crippen LogP contribution in [0, 0.1) is 22.7 Å². The number of morpholine rings is 1. The Morgan fingerprint density at radius 1 is 1.20 bits per heavy atom. The number of hydrogen-bond donors (Lipinski definition) is 2. The fourth-order valence-electron chi connectivity index (χ4n) is 8.00. The Kier molecular flexibility index (Phi) is 9.75. The van der Waals surface area contributed by atoms with Gasteiger partial charge in [0.1, 0.15) is 11.3 Å². The van der Waals surface area contributed by atoms with Gasteiger partial charge < -0.3 is 29.3 Å². The smallest absolute Gasteiger partial charge is 0.343 e. The van der Waals surface area contributed by atoms with Crippen molar-refractivity contribution < 1.29 is 34.0 Å². The molecule has 244 valence electrons. The lowest BCUT2D eigenvalue weighted by Gasteiger charge is -2.62. The minimum absolute atomic E-state index is 0.0206. The van der Waals surface area contributed by atoms with E-state index in [2.05, 4.69) is 18.4 Å². The Bertz CT molecular complexity index is 1390. The van der Waals surface area contributed by atoms with E-state index < -0.39 is 23.5 Å². The maximum Gasteiger partial charge on any atom is 0.343 e. The third-order valence-electron chi connectivity index (χ3n) is 10.7. The van der Waals surface area contributed by atoms with Crippen molar-refractivity contribution in [3.63, 3.8) is 0 Å². The zero-order valence-electron chi connectivity index (χ0n) is 27.3. The second-order valence-corrected chi connectivity index (χ2v) is 13.5. The highest BCUT2D eigenvalue weighted by atomic mass is 16.6. The van der Waals surface area contributed by atoms with Crippen molar-refractivity contribution in [2.45, 2.75) is 52.2 Å². The normalized spacial score (nSPS) is 33.4. The summed E-state index contributed by atoms with van der Waals surface area (Å²) < 4.78 is 16.7. The Hall–Kier alpha value is -3.24. The maximum absolute atomic E-state index is 13.2. The third kappa shape index (κ3) is 6.15. The second-order valence-electron chi connectivity index (χ2n) is 13.5. The molecule has 1 aromatic carbocycles. The summed E-state index contributed by atoms with van der Waals surface area (Å²) >= 11 is 0. The number of ether oxygens (including phenoxy) is 3. The predicted octanol–water partition coefficient (Wildman–Crippen LogP) is 4.12. The lowest BCUT2D eigenvalue weighted by molar-refractivity contribution is -0.156. The summed E-state index contributed by atoms with van der Waals surface area (Å²) in [6, 6.07) is 7.48.